The van der Waals surface area contributed by atoms with Crippen LogP contribution in [0.25, 0.3) is 0 Å². The SMILES string of the molecule is N#Cc1ccccc1C[C@@H](NC(=O)c1ccc(F)c(F)c1)C(N)=O. The first-order valence-corrected chi connectivity index (χ1v) is 6.95. The summed E-state index contributed by atoms with van der Waals surface area (Å²) in [5, 5.41) is 11.4. The topological polar surface area (TPSA) is 96.0 Å². The number of nitriles is 1. The summed E-state index contributed by atoms with van der Waals surface area (Å²) in [6.45, 7) is 0. The average Bonchev–Trinajstić information content (AvgIpc) is 2.56. The van der Waals surface area contributed by atoms with Crippen molar-refractivity contribution in [3.05, 3.63) is 70.8 Å². The highest BCUT2D eigenvalue weighted by Gasteiger charge is 2.21. The molecule has 2 aromatic rings. The third-order valence-electron chi connectivity index (χ3n) is 3.39. The number of halogens is 2. The van der Waals surface area contributed by atoms with E-state index in [0.717, 1.165) is 18.2 Å². The van der Waals surface area contributed by atoms with Gasteiger partial charge in [0.15, 0.2) is 11.6 Å². The van der Waals surface area contributed by atoms with Crippen molar-refractivity contribution < 1.29 is 18.4 Å². The molecule has 3 N–H and O–H groups in total. The highest BCUT2D eigenvalue weighted by molar-refractivity contribution is 5.97. The highest BCUT2D eigenvalue weighted by atomic mass is 19.2. The molecule has 0 saturated heterocycles. The van der Waals surface area contributed by atoms with E-state index in [0.29, 0.717) is 11.1 Å². The van der Waals surface area contributed by atoms with E-state index in [1.165, 1.54) is 0 Å². The van der Waals surface area contributed by atoms with Crippen molar-refractivity contribution in [2.75, 3.05) is 0 Å². The third-order valence-corrected chi connectivity index (χ3v) is 3.39. The van der Waals surface area contributed by atoms with Crippen LogP contribution in [-0.2, 0) is 11.2 Å². The van der Waals surface area contributed by atoms with Crippen molar-refractivity contribution in [2.45, 2.75) is 12.5 Å². The summed E-state index contributed by atoms with van der Waals surface area (Å²) in [5.41, 5.74) is 6.03. The molecule has 7 heteroatoms. The van der Waals surface area contributed by atoms with Gasteiger partial charge in [0, 0.05) is 12.0 Å². The number of carbonyl (C=O) groups is 2. The van der Waals surface area contributed by atoms with Crippen molar-refractivity contribution in [1.29, 1.82) is 5.26 Å². The summed E-state index contributed by atoms with van der Waals surface area (Å²) in [7, 11) is 0. The zero-order valence-electron chi connectivity index (χ0n) is 12.4. The number of hydrogen-bond acceptors (Lipinski definition) is 3. The summed E-state index contributed by atoms with van der Waals surface area (Å²) in [5.74, 6) is -3.83. The quantitative estimate of drug-likeness (QED) is 0.873. The fraction of sp³-hybridized carbons (Fsp3) is 0.118. The normalized spacial score (nSPS) is 11.4. The Morgan fingerprint density at radius 2 is 1.88 bits per heavy atom. The van der Waals surface area contributed by atoms with E-state index < -0.39 is 29.5 Å². The van der Waals surface area contributed by atoms with E-state index in [1.54, 1.807) is 24.3 Å². The number of benzene rings is 2. The molecule has 24 heavy (non-hydrogen) atoms. The minimum absolute atomic E-state index is 0.00842. The van der Waals surface area contributed by atoms with Crippen LogP contribution in [0.5, 0.6) is 0 Å². The van der Waals surface area contributed by atoms with Gasteiger partial charge in [-0.1, -0.05) is 18.2 Å². The molecule has 0 saturated carbocycles. The van der Waals surface area contributed by atoms with Crippen LogP contribution >= 0.6 is 0 Å². The number of amides is 2. The molecule has 5 nitrogen and oxygen atoms in total. The van der Waals surface area contributed by atoms with Crippen molar-refractivity contribution in [1.82, 2.24) is 5.32 Å². The summed E-state index contributed by atoms with van der Waals surface area (Å²) < 4.78 is 26.1. The van der Waals surface area contributed by atoms with Crippen LogP contribution in [0.15, 0.2) is 42.5 Å². The molecule has 2 aromatic carbocycles. The van der Waals surface area contributed by atoms with Crippen LogP contribution < -0.4 is 11.1 Å². The van der Waals surface area contributed by atoms with Gasteiger partial charge in [-0.15, -0.1) is 0 Å². The van der Waals surface area contributed by atoms with E-state index >= 15 is 0 Å². The first-order chi connectivity index (χ1) is 11.4. The smallest absolute Gasteiger partial charge is 0.252 e. The lowest BCUT2D eigenvalue weighted by molar-refractivity contribution is -0.119. The lowest BCUT2D eigenvalue weighted by atomic mass is 10.00. The minimum Gasteiger partial charge on any atom is -0.368 e. The largest absolute Gasteiger partial charge is 0.368 e. The Labute approximate surface area is 136 Å². The molecule has 0 spiro atoms. The maximum Gasteiger partial charge on any atom is 0.252 e. The second-order valence-electron chi connectivity index (χ2n) is 5.03. The van der Waals surface area contributed by atoms with E-state index in [2.05, 4.69) is 5.32 Å². The van der Waals surface area contributed by atoms with E-state index in [-0.39, 0.29) is 12.0 Å². The van der Waals surface area contributed by atoms with Crippen molar-refractivity contribution in [3.8, 4) is 6.07 Å². The van der Waals surface area contributed by atoms with Gasteiger partial charge < -0.3 is 11.1 Å². The lowest BCUT2D eigenvalue weighted by Crippen LogP contribution is -2.46. The Balaban J connectivity index is 2.19. The predicted molar refractivity (Wildman–Crippen MR) is 81.7 cm³/mol. The van der Waals surface area contributed by atoms with Gasteiger partial charge in [0.25, 0.3) is 5.91 Å². The molecule has 122 valence electrons. The number of rotatable bonds is 5. The van der Waals surface area contributed by atoms with Crippen LogP contribution in [0.3, 0.4) is 0 Å². The molecule has 0 fully saturated rings. The lowest BCUT2D eigenvalue weighted by Gasteiger charge is -2.16. The van der Waals surface area contributed by atoms with Gasteiger partial charge >= 0.3 is 0 Å². The number of nitrogens with one attached hydrogen (secondary N) is 1. The Bertz CT molecular complexity index is 831. The van der Waals surface area contributed by atoms with Gasteiger partial charge in [0.1, 0.15) is 6.04 Å². The summed E-state index contributed by atoms with van der Waals surface area (Å²) in [6, 6.07) is 10.1. The molecule has 0 radical (unpaired) electrons. The predicted octanol–water partition coefficient (Wildman–Crippen LogP) is 1.66. The molecule has 1 atom stereocenters. The first kappa shape index (κ1) is 17.1. The summed E-state index contributed by atoms with van der Waals surface area (Å²) >= 11 is 0. The fourth-order valence-electron chi connectivity index (χ4n) is 2.13. The van der Waals surface area contributed by atoms with Crippen LogP contribution in [0.2, 0.25) is 0 Å². The Hall–Kier alpha value is -3.27. The molecule has 0 heterocycles. The van der Waals surface area contributed by atoms with Gasteiger partial charge in [-0.3, -0.25) is 9.59 Å². The Kier molecular flexibility index (Phi) is 5.22. The van der Waals surface area contributed by atoms with Gasteiger partial charge in [-0.05, 0) is 29.8 Å². The van der Waals surface area contributed by atoms with Gasteiger partial charge in [0.2, 0.25) is 5.91 Å². The number of carbonyl (C=O) groups excluding carboxylic acids is 2. The highest BCUT2D eigenvalue weighted by Crippen LogP contribution is 2.12. The Morgan fingerprint density at radius 1 is 1.17 bits per heavy atom. The molecular formula is C17H13F2N3O2. The first-order valence-electron chi connectivity index (χ1n) is 6.95. The molecule has 0 bridgehead atoms. The zero-order valence-corrected chi connectivity index (χ0v) is 12.4. The molecule has 0 aliphatic rings. The van der Waals surface area contributed by atoms with E-state index in [4.69, 9.17) is 11.0 Å². The van der Waals surface area contributed by atoms with Crippen LogP contribution in [0.1, 0.15) is 21.5 Å². The standard InChI is InChI=1S/C17H13F2N3O2/c18-13-6-5-11(7-14(13)19)17(24)22-15(16(21)23)8-10-3-1-2-4-12(10)9-20/h1-7,15H,8H2,(H2,21,23)(H,22,24)/t15-/m1/s1. The van der Waals surface area contributed by atoms with Crippen LogP contribution in [0.4, 0.5) is 8.78 Å². The molecule has 2 rings (SSSR count). The van der Waals surface area contributed by atoms with E-state index in [9.17, 15) is 18.4 Å². The second kappa shape index (κ2) is 7.33. The van der Waals surface area contributed by atoms with Gasteiger partial charge in [-0.2, -0.15) is 5.26 Å². The molecule has 0 unspecified atom stereocenters. The molecule has 0 aromatic heterocycles. The minimum atomic E-state index is -1.17. The zero-order chi connectivity index (χ0) is 17.7. The van der Waals surface area contributed by atoms with Crippen molar-refractivity contribution in [2.24, 2.45) is 5.73 Å². The number of primary amides is 1. The second-order valence-corrected chi connectivity index (χ2v) is 5.03. The van der Waals surface area contributed by atoms with Crippen molar-refractivity contribution >= 4 is 11.8 Å². The summed E-state index contributed by atoms with van der Waals surface area (Å²) in [6.07, 6.45) is 0.00842. The number of hydrogen-bond donors (Lipinski definition) is 2. The van der Waals surface area contributed by atoms with E-state index in [1.807, 2.05) is 6.07 Å². The van der Waals surface area contributed by atoms with Gasteiger partial charge in [0.05, 0.1) is 11.6 Å². The third kappa shape index (κ3) is 3.93. The molecule has 0 aliphatic heterocycles. The number of nitrogens with zero attached hydrogens (tertiary/aromatic N) is 1. The molecular weight excluding hydrogens is 316 g/mol. The maximum atomic E-state index is 13.2. The van der Waals surface area contributed by atoms with Crippen LogP contribution in [0, 0.1) is 23.0 Å². The van der Waals surface area contributed by atoms with Crippen LogP contribution in [-0.4, -0.2) is 17.9 Å². The maximum absolute atomic E-state index is 13.2. The molecule has 0 aliphatic carbocycles. The van der Waals surface area contributed by atoms with Crippen molar-refractivity contribution in [3.63, 3.8) is 0 Å². The Morgan fingerprint density at radius 3 is 2.50 bits per heavy atom. The molecule has 2 amide bonds. The summed E-state index contributed by atoms with van der Waals surface area (Å²) in [4.78, 5) is 23.7. The average molecular weight is 329 g/mol. The number of nitrogens with two attached hydrogens (primary N) is 1. The monoisotopic (exact) mass is 329 g/mol. The van der Waals surface area contributed by atoms with Gasteiger partial charge in [-0.25, -0.2) is 8.78 Å². The fourth-order valence-corrected chi connectivity index (χ4v) is 2.13.